The number of rotatable bonds is 6. The predicted molar refractivity (Wildman–Crippen MR) is 51.9 cm³/mol. The first kappa shape index (κ1) is 14.3. The fourth-order valence-electron chi connectivity index (χ4n) is 1.02. The minimum atomic E-state index is -1.91. The van der Waals surface area contributed by atoms with Crippen LogP contribution in [-0.2, 0) is 4.74 Å². The van der Waals surface area contributed by atoms with Crippen LogP contribution in [0.15, 0.2) is 12.3 Å². The van der Waals surface area contributed by atoms with E-state index in [2.05, 4.69) is 11.3 Å². The van der Waals surface area contributed by atoms with E-state index in [1.165, 1.54) is 14.0 Å². The first-order chi connectivity index (χ1) is 6.78. The van der Waals surface area contributed by atoms with Gasteiger partial charge >= 0.3 is 0 Å². The Bertz CT molecular complexity index is 215. The Labute approximate surface area is 88.1 Å². The van der Waals surface area contributed by atoms with Gasteiger partial charge in [0.2, 0.25) is 0 Å². The maximum absolute atomic E-state index is 9.74. The average Bonchev–Trinajstić information content (AvgIpc) is 2.24. The molecule has 4 atom stereocenters. The fraction of sp³-hybridized carbons (Fsp3) is 0.778. The molecule has 4 unspecified atom stereocenters. The molecule has 0 saturated carbocycles. The van der Waals surface area contributed by atoms with Gasteiger partial charge in [0.05, 0.1) is 13.7 Å². The van der Waals surface area contributed by atoms with Crippen molar-refractivity contribution in [3.63, 3.8) is 0 Å². The summed E-state index contributed by atoms with van der Waals surface area (Å²) < 4.78 is 4.64. The van der Waals surface area contributed by atoms with Gasteiger partial charge in [-0.05, 0) is 6.92 Å². The highest BCUT2D eigenvalue weighted by molar-refractivity contribution is 5.08. The quantitative estimate of drug-likeness (QED) is 0.332. The summed E-state index contributed by atoms with van der Waals surface area (Å²) >= 11 is 0. The highest BCUT2D eigenvalue weighted by atomic mass is 16.5. The maximum atomic E-state index is 9.74. The molecule has 0 fully saturated rings. The summed E-state index contributed by atoms with van der Waals surface area (Å²) in [6.45, 7) is 3.80. The zero-order valence-corrected chi connectivity index (χ0v) is 8.79. The second-order valence-corrected chi connectivity index (χ2v) is 3.46. The van der Waals surface area contributed by atoms with Crippen molar-refractivity contribution in [1.82, 2.24) is 0 Å². The number of ether oxygens (including phenoxy) is 1. The molecule has 0 aliphatic carbocycles. The first-order valence-electron chi connectivity index (χ1n) is 4.39. The minimum Gasteiger partial charge on any atom is -0.499 e. The Hall–Kier alpha value is -0.660. The van der Waals surface area contributed by atoms with Gasteiger partial charge in [0, 0.05) is 0 Å². The molecule has 0 amide bonds. The molecule has 0 aliphatic rings. The van der Waals surface area contributed by atoms with Crippen LogP contribution in [0.2, 0.25) is 0 Å². The van der Waals surface area contributed by atoms with Gasteiger partial charge in [-0.1, -0.05) is 6.58 Å². The van der Waals surface area contributed by atoms with Gasteiger partial charge in [0.15, 0.2) is 0 Å². The van der Waals surface area contributed by atoms with Gasteiger partial charge in [-0.25, -0.2) is 0 Å². The van der Waals surface area contributed by atoms with Gasteiger partial charge in [-0.2, -0.15) is 0 Å². The van der Waals surface area contributed by atoms with E-state index < -0.39 is 30.5 Å². The van der Waals surface area contributed by atoms with Crippen LogP contribution in [0.1, 0.15) is 6.92 Å². The second kappa shape index (κ2) is 5.43. The van der Waals surface area contributed by atoms with Gasteiger partial charge in [0.25, 0.3) is 0 Å². The van der Waals surface area contributed by atoms with Crippen LogP contribution in [0.5, 0.6) is 0 Å². The summed E-state index contributed by atoms with van der Waals surface area (Å²) in [6, 6.07) is 0. The Morgan fingerprint density at radius 2 is 1.87 bits per heavy atom. The molecule has 90 valence electrons. The lowest BCUT2D eigenvalue weighted by molar-refractivity contribution is -0.149. The summed E-state index contributed by atoms with van der Waals surface area (Å²) in [5.74, 6) is -0.154. The van der Waals surface area contributed by atoms with Crippen molar-refractivity contribution >= 4 is 0 Å². The third-order valence-electron chi connectivity index (χ3n) is 2.29. The molecule has 0 aromatic rings. The highest BCUT2D eigenvalue weighted by Gasteiger charge is 2.41. The average molecular weight is 222 g/mol. The highest BCUT2D eigenvalue weighted by Crippen LogP contribution is 2.23. The Morgan fingerprint density at radius 1 is 1.40 bits per heavy atom. The Balaban J connectivity index is 4.67. The largest absolute Gasteiger partial charge is 0.499 e. The van der Waals surface area contributed by atoms with Crippen molar-refractivity contribution < 1.29 is 30.3 Å². The molecular formula is C9H18O6. The van der Waals surface area contributed by atoms with Crippen molar-refractivity contribution in [3.05, 3.63) is 12.3 Å². The normalized spacial score (nSPS) is 21.3. The molecule has 0 heterocycles. The van der Waals surface area contributed by atoms with Crippen LogP contribution in [-0.4, -0.2) is 63.2 Å². The molecule has 5 N–H and O–H groups in total. The molecule has 0 spiro atoms. The first-order valence-corrected chi connectivity index (χ1v) is 4.39. The number of hydrogen-bond donors (Lipinski definition) is 5. The number of aliphatic hydroxyl groups is 5. The summed E-state index contributed by atoms with van der Waals surface area (Å²) in [4.78, 5) is 0. The van der Waals surface area contributed by atoms with Crippen molar-refractivity contribution in [2.45, 2.75) is 30.8 Å². The lowest BCUT2D eigenvalue weighted by Gasteiger charge is -2.34. The van der Waals surface area contributed by atoms with E-state index in [0.29, 0.717) is 0 Å². The third-order valence-corrected chi connectivity index (χ3v) is 2.29. The van der Waals surface area contributed by atoms with Gasteiger partial charge in [-0.15, -0.1) is 0 Å². The van der Waals surface area contributed by atoms with Crippen molar-refractivity contribution in [3.8, 4) is 0 Å². The second-order valence-electron chi connectivity index (χ2n) is 3.46. The third kappa shape index (κ3) is 3.15. The van der Waals surface area contributed by atoms with Crippen LogP contribution < -0.4 is 0 Å². The lowest BCUT2D eigenvalue weighted by Crippen LogP contribution is -2.53. The molecule has 0 aromatic heterocycles. The number of aliphatic hydroxyl groups excluding tert-OH is 4. The van der Waals surface area contributed by atoms with Gasteiger partial charge in [0.1, 0.15) is 29.7 Å². The molecule has 0 saturated heterocycles. The molecule has 6 nitrogen and oxygen atoms in total. The van der Waals surface area contributed by atoms with Crippen molar-refractivity contribution in [2.24, 2.45) is 0 Å². The zero-order valence-electron chi connectivity index (χ0n) is 8.79. The smallest absolute Gasteiger partial charge is 0.146 e. The molecule has 0 rings (SSSR count). The summed E-state index contributed by atoms with van der Waals surface area (Å²) in [6.07, 6.45) is -4.96. The van der Waals surface area contributed by atoms with Crippen LogP contribution in [0.3, 0.4) is 0 Å². The van der Waals surface area contributed by atoms with Crippen molar-refractivity contribution in [2.75, 3.05) is 13.7 Å². The molecule has 15 heavy (non-hydrogen) atoms. The van der Waals surface area contributed by atoms with Crippen LogP contribution >= 0.6 is 0 Å². The number of methoxy groups -OCH3 is 1. The Kier molecular flexibility index (Phi) is 5.19. The molecule has 0 aromatic carbocycles. The number of hydrogen-bond acceptors (Lipinski definition) is 6. The van der Waals surface area contributed by atoms with E-state index in [1.807, 2.05) is 0 Å². The molecule has 0 radical (unpaired) electrons. The zero-order chi connectivity index (χ0) is 12.2. The SMILES string of the molecule is C=C(OC)C(C)(O)C(O)C(O)C(O)CO. The van der Waals surface area contributed by atoms with E-state index >= 15 is 0 Å². The van der Waals surface area contributed by atoms with E-state index in [-0.39, 0.29) is 5.76 Å². The molecule has 0 aliphatic heterocycles. The fourth-order valence-corrected chi connectivity index (χ4v) is 1.02. The van der Waals surface area contributed by atoms with Crippen molar-refractivity contribution in [1.29, 1.82) is 0 Å². The molecular weight excluding hydrogens is 204 g/mol. The molecule has 0 bridgehead atoms. The summed E-state index contributed by atoms with van der Waals surface area (Å²) in [7, 11) is 1.25. The van der Waals surface area contributed by atoms with Crippen LogP contribution in [0.25, 0.3) is 0 Å². The van der Waals surface area contributed by atoms with Gasteiger partial charge in [-0.3, -0.25) is 0 Å². The van der Waals surface area contributed by atoms with Crippen LogP contribution in [0.4, 0.5) is 0 Å². The monoisotopic (exact) mass is 222 g/mol. The predicted octanol–water partition coefficient (Wildman–Crippen LogP) is -2.03. The van der Waals surface area contributed by atoms with E-state index in [1.54, 1.807) is 0 Å². The van der Waals surface area contributed by atoms with E-state index in [4.69, 9.17) is 10.2 Å². The topological polar surface area (TPSA) is 110 Å². The van der Waals surface area contributed by atoms with Crippen LogP contribution in [0, 0.1) is 0 Å². The minimum absolute atomic E-state index is 0.154. The summed E-state index contributed by atoms with van der Waals surface area (Å²) in [5, 5.41) is 46.3. The van der Waals surface area contributed by atoms with E-state index in [0.717, 1.165) is 0 Å². The van der Waals surface area contributed by atoms with Gasteiger partial charge < -0.3 is 30.3 Å². The lowest BCUT2D eigenvalue weighted by atomic mass is 9.90. The maximum Gasteiger partial charge on any atom is 0.146 e. The standard InChI is InChI=1S/C9H18O6/c1-5(15-3)9(2,14)8(13)7(12)6(11)4-10/h6-8,10-14H,1,4H2,2-3H3. The Morgan fingerprint density at radius 3 is 2.20 bits per heavy atom. The van der Waals surface area contributed by atoms with E-state index in [9.17, 15) is 15.3 Å². The molecule has 6 heteroatoms. The summed E-state index contributed by atoms with van der Waals surface area (Å²) in [5.41, 5.74) is -1.91.